The van der Waals surface area contributed by atoms with E-state index in [2.05, 4.69) is 4.98 Å². The molecule has 15 heavy (non-hydrogen) atoms. The molecular weight excluding hydrogens is 200 g/mol. The average Bonchev–Trinajstić information content (AvgIpc) is 2.25. The van der Waals surface area contributed by atoms with Crippen molar-refractivity contribution in [3.8, 4) is 11.6 Å². The molecule has 1 heterocycles. The van der Waals surface area contributed by atoms with E-state index >= 15 is 0 Å². The third-order valence-corrected chi connectivity index (χ3v) is 1.66. The minimum atomic E-state index is -0.557. The minimum absolute atomic E-state index is 0.314. The maximum Gasteiger partial charge on any atom is 0.235 e. The molecule has 0 aliphatic rings. The lowest BCUT2D eigenvalue weighted by Crippen LogP contribution is -1.93. The topological polar surface area (TPSA) is 74.5 Å². The number of rotatable bonds is 4. The number of aromatic nitrogens is 1. The van der Waals surface area contributed by atoms with Crippen molar-refractivity contribution in [2.24, 2.45) is 0 Å². The van der Waals surface area contributed by atoms with Crippen molar-refractivity contribution in [2.45, 2.75) is 0 Å². The molecule has 0 bridgehead atoms. The molecule has 0 N–H and O–H groups in total. The van der Waals surface area contributed by atoms with Crippen LogP contribution < -0.4 is 9.47 Å². The van der Waals surface area contributed by atoms with Gasteiger partial charge in [-0.05, 0) is 6.07 Å². The van der Waals surface area contributed by atoms with Crippen LogP contribution in [-0.2, 0) is 0 Å². The Labute approximate surface area is 86.3 Å². The average molecular weight is 210 g/mol. The van der Waals surface area contributed by atoms with Crippen LogP contribution in [0.1, 0.15) is 5.56 Å². The minimum Gasteiger partial charge on any atom is -0.495 e. The Morgan fingerprint density at radius 3 is 2.73 bits per heavy atom. The number of nitrogens with zero attached hydrogens (tertiary/aromatic N) is 2. The molecule has 0 saturated carbocycles. The molecule has 6 nitrogen and oxygen atoms in total. The van der Waals surface area contributed by atoms with Gasteiger partial charge in [-0.25, -0.2) is 4.98 Å². The van der Waals surface area contributed by atoms with Crippen LogP contribution in [-0.4, -0.2) is 24.1 Å². The van der Waals surface area contributed by atoms with E-state index in [0.717, 1.165) is 6.20 Å². The fourth-order valence-electron chi connectivity index (χ4n) is 0.992. The Bertz CT molecular complexity index is 390. The Balaban J connectivity index is 3.06. The number of hydrogen-bond donors (Lipinski definition) is 0. The molecule has 0 saturated heterocycles. The van der Waals surface area contributed by atoms with Gasteiger partial charge < -0.3 is 9.47 Å². The molecule has 1 aromatic heterocycles. The van der Waals surface area contributed by atoms with Crippen LogP contribution in [0.2, 0.25) is 0 Å². The molecule has 0 atom stereocenters. The number of hydrogen-bond acceptors (Lipinski definition) is 5. The lowest BCUT2D eigenvalue weighted by Gasteiger charge is -2.04. The van der Waals surface area contributed by atoms with Gasteiger partial charge in [-0.3, -0.25) is 10.1 Å². The van der Waals surface area contributed by atoms with E-state index < -0.39 is 4.92 Å². The fraction of sp³-hybridized carbons (Fsp3) is 0.222. The highest BCUT2D eigenvalue weighted by atomic mass is 16.6. The van der Waals surface area contributed by atoms with Crippen molar-refractivity contribution in [1.29, 1.82) is 0 Å². The first kappa shape index (κ1) is 11.0. The molecule has 0 radical (unpaired) electrons. The van der Waals surface area contributed by atoms with Crippen LogP contribution in [0.15, 0.2) is 18.5 Å². The zero-order valence-corrected chi connectivity index (χ0v) is 8.34. The summed E-state index contributed by atoms with van der Waals surface area (Å²) in [7, 11) is 2.93. The molecule has 0 fully saturated rings. The van der Waals surface area contributed by atoms with Crippen LogP contribution in [0, 0.1) is 10.1 Å². The van der Waals surface area contributed by atoms with Crippen molar-refractivity contribution in [3.05, 3.63) is 34.1 Å². The lowest BCUT2D eigenvalue weighted by atomic mass is 10.2. The van der Waals surface area contributed by atoms with E-state index in [9.17, 15) is 10.1 Å². The summed E-state index contributed by atoms with van der Waals surface area (Å²) in [5, 5.41) is 10.2. The molecule has 80 valence electrons. The first-order valence-electron chi connectivity index (χ1n) is 4.07. The summed E-state index contributed by atoms with van der Waals surface area (Å²) in [5.41, 5.74) is 0.494. The van der Waals surface area contributed by atoms with Gasteiger partial charge in [0.2, 0.25) is 12.1 Å². The Morgan fingerprint density at radius 1 is 1.47 bits per heavy atom. The first-order valence-corrected chi connectivity index (χ1v) is 4.07. The molecule has 1 rings (SSSR count). The van der Waals surface area contributed by atoms with Crippen LogP contribution in [0.25, 0.3) is 6.08 Å². The van der Waals surface area contributed by atoms with Gasteiger partial charge in [0.1, 0.15) is 5.75 Å². The van der Waals surface area contributed by atoms with Crippen molar-refractivity contribution in [3.63, 3.8) is 0 Å². The summed E-state index contributed by atoms with van der Waals surface area (Å²) in [4.78, 5) is 13.5. The highest BCUT2D eigenvalue weighted by molar-refractivity contribution is 5.55. The van der Waals surface area contributed by atoms with Gasteiger partial charge in [-0.1, -0.05) is 0 Å². The quantitative estimate of drug-likeness (QED) is 0.553. The zero-order chi connectivity index (χ0) is 11.3. The third-order valence-electron chi connectivity index (χ3n) is 1.66. The van der Waals surface area contributed by atoms with Gasteiger partial charge in [0.15, 0.2) is 0 Å². The van der Waals surface area contributed by atoms with Gasteiger partial charge in [-0.2, -0.15) is 0 Å². The van der Waals surface area contributed by atoms with Crippen molar-refractivity contribution in [2.75, 3.05) is 14.2 Å². The van der Waals surface area contributed by atoms with E-state index in [-0.39, 0.29) is 0 Å². The van der Waals surface area contributed by atoms with E-state index in [1.807, 2.05) is 0 Å². The summed E-state index contributed by atoms with van der Waals surface area (Å²) in [5.74, 6) is 0.827. The van der Waals surface area contributed by atoms with Crippen LogP contribution >= 0.6 is 0 Å². The van der Waals surface area contributed by atoms with E-state index in [0.29, 0.717) is 17.2 Å². The van der Waals surface area contributed by atoms with Gasteiger partial charge in [0.25, 0.3) is 0 Å². The Hall–Kier alpha value is -2.11. The SMILES string of the molecule is COc1cnc(OC)c(/C=C/[N+](=O)[O-])c1. The smallest absolute Gasteiger partial charge is 0.235 e. The summed E-state index contributed by atoms with van der Waals surface area (Å²) < 4.78 is 9.88. The van der Waals surface area contributed by atoms with Crippen molar-refractivity contribution >= 4 is 6.08 Å². The van der Waals surface area contributed by atoms with Gasteiger partial charge in [-0.15, -0.1) is 0 Å². The molecule has 0 aromatic carbocycles. The van der Waals surface area contributed by atoms with Crippen molar-refractivity contribution in [1.82, 2.24) is 4.98 Å². The van der Waals surface area contributed by atoms with Crippen LogP contribution in [0.4, 0.5) is 0 Å². The standard InChI is InChI=1S/C9H10N2O4/c1-14-8-5-7(3-4-11(12)13)9(15-2)10-6-8/h3-6H,1-2H3/b4-3+. The van der Waals surface area contributed by atoms with Gasteiger partial charge in [0, 0.05) is 11.6 Å². The highest BCUT2D eigenvalue weighted by Crippen LogP contribution is 2.21. The van der Waals surface area contributed by atoms with Crippen molar-refractivity contribution < 1.29 is 14.4 Å². The number of ether oxygens (including phenoxy) is 2. The molecule has 1 aromatic rings. The Kier molecular flexibility index (Phi) is 3.61. The summed E-state index contributed by atoms with van der Waals surface area (Å²) in [6, 6.07) is 1.60. The maximum atomic E-state index is 10.2. The summed E-state index contributed by atoms with van der Waals surface area (Å²) >= 11 is 0. The molecule has 0 spiro atoms. The highest BCUT2D eigenvalue weighted by Gasteiger charge is 2.04. The number of pyridine rings is 1. The third kappa shape index (κ3) is 2.94. The van der Waals surface area contributed by atoms with Gasteiger partial charge in [0.05, 0.1) is 25.3 Å². The summed E-state index contributed by atoms with van der Waals surface area (Å²) in [6.45, 7) is 0. The molecule has 0 aliphatic carbocycles. The summed E-state index contributed by atoms with van der Waals surface area (Å²) in [6.07, 6.45) is 3.59. The molecule has 6 heteroatoms. The second kappa shape index (κ2) is 4.94. The monoisotopic (exact) mass is 210 g/mol. The Morgan fingerprint density at radius 2 is 2.20 bits per heavy atom. The van der Waals surface area contributed by atoms with Gasteiger partial charge >= 0.3 is 0 Å². The lowest BCUT2D eigenvalue weighted by molar-refractivity contribution is -0.400. The van der Waals surface area contributed by atoms with Crippen LogP contribution in [0.3, 0.4) is 0 Å². The second-order valence-electron chi connectivity index (χ2n) is 2.57. The molecule has 0 amide bonds. The maximum absolute atomic E-state index is 10.2. The fourth-order valence-corrected chi connectivity index (χ4v) is 0.992. The van der Waals surface area contributed by atoms with E-state index in [1.54, 1.807) is 6.07 Å². The molecule has 0 aliphatic heterocycles. The normalized spacial score (nSPS) is 10.3. The predicted molar refractivity (Wildman–Crippen MR) is 53.4 cm³/mol. The van der Waals surface area contributed by atoms with E-state index in [4.69, 9.17) is 9.47 Å². The second-order valence-corrected chi connectivity index (χ2v) is 2.57. The van der Waals surface area contributed by atoms with Crippen LogP contribution in [0.5, 0.6) is 11.6 Å². The first-order chi connectivity index (χ1) is 7.17. The van der Waals surface area contributed by atoms with E-state index in [1.165, 1.54) is 26.5 Å². The molecule has 0 unspecified atom stereocenters. The number of methoxy groups -OCH3 is 2. The predicted octanol–water partition coefficient (Wildman–Crippen LogP) is 1.35. The zero-order valence-electron chi connectivity index (χ0n) is 8.34. The molecular formula is C9H10N2O4. The number of nitro groups is 1. The largest absolute Gasteiger partial charge is 0.495 e.